The molecular weight excluding hydrogens is 320 g/mol. The zero-order valence-corrected chi connectivity index (χ0v) is 13.5. The number of ether oxygens (including phenoxy) is 1. The lowest BCUT2D eigenvalue weighted by molar-refractivity contribution is -0.138. The van der Waals surface area contributed by atoms with Gasteiger partial charge in [-0.3, -0.25) is 9.59 Å². The van der Waals surface area contributed by atoms with Crippen molar-refractivity contribution >= 4 is 17.6 Å². The van der Waals surface area contributed by atoms with E-state index in [1.54, 1.807) is 55.5 Å². The Morgan fingerprint density at radius 2 is 1.92 bits per heavy atom. The molecule has 2 aromatic rings. The Balaban J connectivity index is 1.84. The number of nitrogens with zero attached hydrogens (tertiary/aromatic N) is 2. The molecule has 0 saturated carbocycles. The maximum Gasteiger partial charge on any atom is 0.312 e. The molecule has 6 nitrogen and oxygen atoms in total. The smallest absolute Gasteiger partial charge is 0.312 e. The first-order chi connectivity index (χ1) is 12.0. The number of benzene rings is 2. The Kier molecular flexibility index (Phi) is 4.40. The number of anilines is 1. The van der Waals surface area contributed by atoms with Gasteiger partial charge in [-0.2, -0.15) is 5.26 Å². The molecule has 3 rings (SSSR count). The highest BCUT2D eigenvalue weighted by molar-refractivity contribution is 6.01. The van der Waals surface area contributed by atoms with Crippen LogP contribution in [0.25, 0.3) is 0 Å². The second-order valence-corrected chi connectivity index (χ2v) is 5.77. The highest BCUT2D eigenvalue weighted by atomic mass is 16.5. The van der Waals surface area contributed by atoms with Gasteiger partial charge in [0.2, 0.25) is 0 Å². The molecule has 0 fully saturated rings. The van der Waals surface area contributed by atoms with Crippen LogP contribution < -0.4 is 9.64 Å². The average molecular weight is 336 g/mol. The maximum atomic E-state index is 12.8. The Hall–Kier alpha value is -3.33. The van der Waals surface area contributed by atoms with Gasteiger partial charge in [-0.15, -0.1) is 0 Å². The van der Waals surface area contributed by atoms with E-state index in [1.165, 1.54) is 4.90 Å². The standard InChI is InChI=1S/C19H16N2O4/c1-12(25-17-9-5-2-6-13(17)10-20)18(22)21-11-15(19(23)24)14-7-3-4-8-16(14)21/h2-9,12,15H,11H2,1H3,(H,23,24)/t12-,15-/m0/s1. The van der Waals surface area contributed by atoms with E-state index in [0.717, 1.165) is 0 Å². The lowest BCUT2D eigenvalue weighted by atomic mass is 10.0. The fraction of sp³-hybridized carbons (Fsp3) is 0.211. The first-order valence-electron chi connectivity index (χ1n) is 7.82. The molecule has 0 saturated heterocycles. The maximum absolute atomic E-state index is 12.8. The summed E-state index contributed by atoms with van der Waals surface area (Å²) in [6.07, 6.45) is -0.852. The lowest BCUT2D eigenvalue weighted by Crippen LogP contribution is -2.40. The summed E-state index contributed by atoms with van der Waals surface area (Å²) < 4.78 is 5.66. The Bertz CT molecular complexity index is 872. The summed E-state index contributed by atoms with van der Waals surface area (Å²) in [5.41, 5.74) is 1.55. The van der Waals surface area contributed by atoms with Crippen molar-refractivity contribution in [3.63, 3.8) is 0 Å². The Morgan fingerprint density at radius 3 is 2.64 bits per heavy atom. The van der Waals surface area contributed by atoms with Crippen molar-refractivity contribution in [1.29, 1.82) is 5.26 Å². The van der Waals surface area contributed by atoms with Crippen molar-refractivity contribution in [1.82, 2.24) is 0 Å². The number of amides is 1. The van der Waals surface area contributed by atoms with Crippen LogP contribution in [-0.2, 0) is 9.59 Å². The van der Waals surface area contributed by atoms with Gasteiger partial charge in [0.1, 0.15) is 17.7 Å². The third kappa shape index (κ3) is 3.04. The molecule has 126 valence electrons. The van der Waals surface area contributed by atoms with E-state index in [4.69, 9.17) is 10.00 Å². The summed E-state index contributed by atoms with van der Waals surface area (Å²) in [5, 5.41) is 18.5. The first-order valence-corrected chi connectivity index (χ1v) is 7.82. The SMILES string of the molecule is C[C@H](Oc1ccccc1C#N)C(=O)N1C[C@H](C(=O)O)c2ccccc21. The monoisotopic (exact) mass is 336 g/mol. The van der Waals surface area contributed by atoms with Gasteiger partial charge < -0.3 is 14.7 Å². The van der Waals surface area contributed by atoms with E-state index in [0.29, 0.717) is 22.6 Å². The third-order valence-corrected chi connectivity index (χ3v) is 4.19. The molecule has 2 aromatic carbocycles. The third-order valence-electron chi connectivity index (χ3n) is 4.19. The van der Waals surface area contributed by atoms with Crippen LogP contribution in [0.4, 0.5) is 5.69 Å². The number of carboxylic acids is 1. The normalized spacial score (nSPS) is 16.6. The predicted molar refractivity (Wildman–Crippen MR) is 90.4 cm³/mol. The van der Waals surface area contributed by atoms with Crippen LogP contribution in [-0.4, -0.2) is 29.6 Å². The van der Waals surface area contributed by atoms with Crippen LogP contribution in [0, 0.1) is 11.3 Å². The van der Waals surface area contributed by atoms with Gasteiger partial charge in [-0.05, 0) is 30.7 Å². The second kappa shape index (κ2) is 6.65. The highest BCUT2D eigenvalue weighted by Crippen LogP contribution is 2.36. The van der Waals surface area contributed by atoms with Crippen LogP contribution in [0.15, 0.2) is 48.5 Å². The molecule has 1 heterocycles. The fourth-order valence-corrected chi connectivity index (χ4v) is 2.95. The largest absolute Gasteiger partial charge is 0.481 e. The zero-order chi connectivity index (χ0) is 18.0. The molecule has 0 radical (unpaired) electrons. The minimum atomic E-state index is -0.967. The van der Waals surface area contributed by atoms with Gasteiger partial charge in [-0.1, -0.05) is 30.3 Å². The molecule has 1 aliphatic rings. The molecular formula is C19H16N2O4. The lowest BCUT2D eigenvalue weighted by Gasteiger charge is -2.22. The molecule has 6 heteroatoms. The topological polar surface area (TPSA) is 90.6 Å². The van der Waals surface area contributed by atoms with E-state index in [1.807, 2.05) is 6.07 Å². The number of aliphatic carboxylic acids is 1. The van der Waals surface area contributed by atoms with E-state index in [2.05, 4.69) is 0 Å². The summed E-state index contributed by atoms with van der Waals surface area (Å²) in [4.78, 5) is 25.7. The molecule has 0 aromatic heterocycles. The second-order valence-electron chi connectivity index (χ2n) is 5.77. The molecule has 25 heavy (non-hydrogen) atoms. The van der Waals surface area contributed by atoms with Crippen LogP contribution in [0.2, 0.25) is 0 Å². The zero-order valence-electron chi connectivity index (χ0n) is 13.5. The number of carbonyl (C=O) groups is 2. The van der Waals surface area contributed by atoms with Crippen molar-refractivity contribution in [2.45, 2.75) is 18.9 Å². The molecule has 1 aliphatic heterocycles. The first kappa shape index (κ1) is 16.5. The van der Waals surface area contributed by atoms with Gasteiger partial charge in [0.15, 0.2) is 6.10 Å². The predicted octanol–water partition coefficient (Wildman–Crippen LogP) is 2.54. The molecule has 2 atom stereocenters. The van der Waals surface area contributed by atoms with Crippen molar-refractivity contribution in [3.8, 4) is 11.8 Å². The van der Waals surface area contributed by atoms with Crippen molar-refractivity contribution in [2.24, 2.45) is 0 Å². The van der Waals surface area contributed by atoms with Crippen molar-refractivity contribution < 1.29 is 19.4 Å². The number of hydrogen-bond donors (Lipinski definition) is 1. The van der Waals surface area contributed by atoms with Gasteiger partial charge >= 0.3 is 5.97 Å². The summed E-state index contributed by atoms with van der Waals surface area (Å²) in [6, 6.07) is 15.7. The van der Waals surface area contributed by atoms with Crippen LogP contribution in [0.1, 0.15) is 24.0 Å². The number of nitriles is 1. The van der Waals surface area contributed by atoms with Gasteiger partial charge in [-0.25, -0.2) is 0 Å². The molecule has 0 spiro atoms. The van der Waals surface area contributed by atoms with Crippen LogP contribution in [0.5, 0.6) is 5.75 Å². The summed E-state index contributed by atoms with van der Waals surface area (Å²) in [6.45, 7) is 1.66. The minimum absolute atomic E-state index is 0.0705. The molecule has 1 N–H and O–H groups in total. The molecule has 1 amide bonds. The molecule has 0 aliphatic carbocycles. The quantitative estimate of drug-likeness (QED) is 0.926. The Labute approximate surface area is 144 Å². The highest BCUT2D eigenvalue weighted by Gasteiger charge is 2.38. The van der Waals surface area contributed by atoms with Gasteiger partial charge in [0.25, 0.3) is 5.91 Å². The number of hydrogen-bond acceptors (Lipinski definition) is 4. The van der Waals surface area contributed by atoms with Crippen LogP contribution >= 0.6 is 0 Å². The Morgan fingerprint density at radius 1 is 1.24 bits per heavy atom. The number of fused-ring (bicyclic) bond motifs is 1. The number of carbonyl (C=O) groups excluding carboxylic acids is 1. The van der Waals surface area contributed by atoms with Gasteiger partial charge in [0, 0.05) is 12.2 Å². The van der Waals surface area contributed by atoms with E-state index >= 15 is 0 Å². The number of para-hydroxylation sites is 2. The van der Waals surface area contributed by atoms with Crippen molar-refractivity contribution in [2.75, 3.05) is 11.4 Å². The molecule has 0 bridgehead atoms. The average Bonchev–Trinajstić information content (AvgIpc) is 3.01. The fourth-order valence-electron chi connectivity index (χ4n) is 2.95. The van der Waals surface area contributed by atoms with Crippen LogP contribution in [0.3, 0.4) is 0 Å². The number of carboxylic acid groups (broad SMARTS) is 1. The summed E-state index contributed by atoms with van der Waals surface area (Å²) in [7, 11) is 0. The number of rotatable bonds is 4. The van der Waals surface area contributed by atoms with E-state index in [9.17, 15) is 14.7 Å². The summed E-state index contributed by atoms with van der Waals surface area (Å²) >= 11 is 0. The van der Waals surface area contributed by atoms with E-state index in [-0.39, 0.29) is 12.5 Å². The summed E-state index contributed by atoms with van der Waals surface area (Å²) in [5.74, 6) is -1.73. The molecule has 0 unspecified atom stereocenters. The van der Waals surface area contributed by atoms with Crippen molar-refractivity contribution in [3.05, 3.63) is 59.7 Å². The minimum Gasteiger partial charge on any atom is -0.481 e. The van der Waals surface area contributed by atoms with E-state index < -0.39 is 18.0 Å². The van der Waals surface area contributed by atoms with Gasteiger partial charge in [0.05, 0.1) is 5.56 Å².